The average molecular weight is 325 g/mol. The summed E-state index contributed by atoms with van der Waals surface area (Å²) in [5.41, 5.74) is 1.40. The molecule has 0 unspecified atom stereocenters. The molecule has 1 aromatic heterocycles. The maximum Gasteiger partial charge on any atom is 0.265 e. The summed E-state index contributed by atoms with van der Waals surface area (Å²) >= 11 is 0. The van der Waals surface area contributed by atoms with Crippen molar-refractivity contribution in [2.24, 2.45) is 0 Å². The van der Waals surface area contributed by atoms with Crippen LogP contribution in [0.1, 0.15) is 11.4 Å². The molecular formula is C14H19N3O4S. The molecule has 0 aliphatic heterocycles. The summed E-state index contributed by atoms with van der Waals surface area (Å²) in [5, 5.41) is 6.57. The lowest BCUT2D eigenvalue weighted by molar-refractivity contribution is 0.146. The van der Waals surface area contributed by atoms with Crippen LogP contribution in [0.25, 0.3) is 0 Å². The number of anilines is 1. The van der Waals surface area contributed by atoms with Gasteiger partial charge >= 0.3 is 0 Å². The first-order valence-electron chi connectivity index (χ1n) is 6.70. The molecule has 1 heterocycles. The Bertz CT molecular complexity index is 704. The molecule has 1 aromatic carbocycles. The van der Waals surface area contributed by atoms with Crippen molar-refractivity contribution in [3.63, 3.8) is 0 Å². The van der Waals surface area contributed by atoms with E-state index >= 15 is 0 Å². The molecule has 0 amide bonds. The van der Waals surface area contributed by atoms with E-state index in [9.17, 15) is 8.42 Å². The van der Waals surface area contributed by atoms with Crippen LogP contribution in [-0.4, -0.2) is 38.9 Å². The van der Waals surface area contributed by atoms with Crippen molar-refractivity contribution in [1.82, 2.24) is 10.2 Å². The predicted molar refractivity (Wildman–Crippen MR) is 82.7 cm³/mol. The van der Waals surface area contributed by atoms with Crippen molar-refractivity contribution >= 4 is 15.7 Å². The molecule has 0 saturated carbocycles. The number of hydrogen-bond acceptors (Lipinski definition) is 5. The smallest absolute Gasteiger partial charge is 0.265 e. The Morgan fingerprint density at radius 2 is 1.86 bits per heavy atom. The van der Waals surface area contributed by atoms with E-state index in [-0.39, 0.29) is 4.90 Å². The van der Waals surface area contributed by atoms with E-state index in [1.54, 1.807) is 45.2 Å². The molecule has 2 rings (SSSR count). The molecule has 7 nitrogen and oxygen atoms in total. The van der Waals surface area contributed by atoms with Gasteiger partial charge in [-0.3, -0.25) is 9.82 Å². The van der Waals surface area contributed by atoms with Crippen molar-refractivity contribution in [2.45, 2.75) is 18.7 Å². The van der Waals surface area contributed by atoms with Gasteiger partial charge in [0.15, 0.2) is 0 Å². The summed E-state index contributed by atoms with van der Waals surface area (Å²) in [6, 6.07) is 6.68. The quantitative estimate of drug-likeness (QED) is 0.758. The molecule has 0 fully saturated rings. The zero-order valence-electron chi connectivity index (χ0n) is 12.7. The van der Waals surface area contributed by atoms with Crippen LogP contribution in [0.15, 0.2) is 29.2 Å². The third kappa shape index (κ3) is 3.77. The predicted octanol–water partition coefficient (Wildman–Crippen LogP) is 1.85. The second-order valence-corrected chi connectivity index (χ2v) is 6.35. The number of aromatic nitrogens is 2. The molecule has 120 valence electrons. The molecule has 0 saturated heterocycles. The fourth-order valence-corrected chi connectivity index (χ4v) is 3.44. The van der Waals surface area contributed by atoms with Crippen molar-refractivity contribution in [2.75, 3.05) is 25.0 Å². The average Bonchev–Trinajstić information content (AvgIpc) is 2.81. The van der Waals surface area contributed by atoms with E-state index in [1.165, 1.54) is 0 Å². The number of rotatable bonds is 7. The van der Waals surface area contributed by atoms with Crippen molar-refractivity contribution in [3.05, 3.63) is 35.7 Å². The van der Waals surface area contributed by atoms with Gasteiger partial charge in [-0.05, 0) is 38.1 Å². The SMILES string of the molecule is COCCOc1ccc(NS(=O)(=O)c2c(C)n[nH]c2C)cc1. The molecule has 2 aromatic rings. The zero-order valence-corrected chi connectivity index (χ0v) is 13.5. The molecule has 0 aliphatic carbocycles. The highest BCUT2D eigenvalue weighted by atomic mass is 32.2. The van der Waals surface area contributed by atoms with Gasteiger partial charge < -0.3 is 9.47 Å². The third-order valence-corrected chi connectivity index (χ3v) is 4.64. The fraction of sp³-hybridized carbons (Fsp3) is 0.357. The maximum atomic E-state index is 12.4. The van der Waals surface area contributed by atoms with Gasteiger partial charge in [0, 0.05) is 12.8 Å². The second-order valence-electron chi connectivity index (χ2n) is 4.73. The Morgan fingerprint density at radius 1 is 1.18 bits per heavy atom. The van der Waals surface area contributed by atoms with Crippen LogP contribution in [0, 0.1) is 13.8 Å². The highest BCUT2D eigenvalue weighted by Crippen LogP contribution is 2.22. The zero-order chi connectivity index (χ0) is 16.2. The summed E-state index contributed by atoms with van der Waals surface area (Å²) < 4.78 is 37.6. The van der Waals surface area contributed by atoms with E-state index in [0.29, 0.717) is 36.0 Å². The number of hydrogen-bond donors (Lipinski definition) is 2. The molecule has 0 spiro atoms. The topological polar surface area (TPSA) is 93.3 Å². The van der Waals surface area contributed by atoms with Crippen molar-refractivity contribution < 1.29 is 17.9 Å². The van der Waals surface area contributed by atoms with Crippen LogP contribution in [0.5, 0.6) is 5.75 Å². The van der Waals surface area contributed by atoms with Gasteiger partial charge in [-0.2, -0.15) is 5.10 Å². The number of H-pyrrole nitrogens is 1. The van der Waals surface area contributed by atoms with Crippen LogP contribution < -0.4 is 9.46 Å². The molecular weight excluding hydrogens is 306 g/mol. The highest BCUT2D eigenvalue weighted by Gasteiger charge is 2.22. The molecule has 22 heavy (non-hydrogen) atoms. The highest BCUT2D eigenvalue weighted by molar-refractivity contribution is 7.92. The van der Waals surface area contributed by atoms with E-state index in [0.717, 1.165) is 0 Å². The minimum absolute atomic E-state index is 0.174. The normalized spacial score (nSPS) is 11.4. The maximum absolute atomic E-state index is 12.4. The van der Waals surface area contributed by atoms with Gasteiger partial charge in [0.25, 0.3) is 10.0 Å². The minimum Gasteiger partial charge on any atom is -0.491 e. The lowest BCUT2D eigenvalue weighted by atomic mass is 10.3. The Kier molecular flexibility index (Phi) is 5.04. The van der Waals surface area contributed by atoms with Gasteiger partial charge in [0.2, 0.25) is 0 Å². The minimum atomic E-state index is -3.67. The van der Waals surface area contributed by atoms with Gasteiger partial charge in [0.05, 0.1) is 18.0 Å². The number of ether oxygens (including phenoxy) is 2. The monoisotopic (exact) mass is 325 g/mol. The van der Waals surface area contributed by atoms with Gasteiger partial charge in [-0.1, -0.05) is 0 Å². The Hall–Kier alpha value is -2.06. The summed E-state index contributed by atoms with van der Waals surface area (Å²) in [6.07, 6.45) is 0. The summed E-state index contributed by atoms with van der Waals surface area (Å²) in [5.74, 6) is 0.649. The Morgan fingerprint density at radius 3 is 2.41 bits per heavy atom. The summed E-state index contributed by atoms with van der Waals surface area (Å²) in [4.78, 5) is 0.174. The number of nitrogens with one attached hydrogen (secondary N) is 2. The van der Waals surface area contributed by atoms with Gasteiger partial charge in [-0.25, -0.2) is 8.42 Å². The number of sulfonamides is 1. The second kappa shape index (κ2) is 6.80. The molecule has 8 heteroatoms. The number of aromatic amines is 1. The van der Waals surface area contributed by atoms with E-state index in [2.05, 4.69) is 14.9 Å². The van der Waals surface area contributed by atoms with Crippen LogP contribution in [0.4, 0.5) is 5.69 Å². The van der Waals surface area contributed by atoms with Crippen LogP contribution in [0.2, 0.25) is 0 Å². The standard InChI is InChI=1S/C14H19N3O4S/c1-10-14(11(2)16-15-10)22(18,19)17-12-4-6-13(7-5-12)21-9-8-20-3/h4-7,17H,8-9H2,1-3H3,(H,15,16). The van der Waals surface area contributed by atoms with E-state index < -0.39 is 10.0 Å². The summed E-state index contributed by atoms with van der Waals surface area (Å²) in [6.45, 7) is 4.24. The number of methoxy groups -OCH3 is 1. The van der Waals surface area contributed by atoms with E-state index in [4.69, 9.17) is 9.47 Å². The number of benzene rings is 1. The Balaban J connectivity index is 2.10. The van der Waals surface area contributed by atoms with E-state index in [1.807, 2.05) is 0 Å². The van der Waals surface area contributed by atoms with Crippen molar-refractivity contribution in [1.29, 1.82) is 0 Å². The first-order valence-corrected chi connectivity index (χ1v) is 8.18. The molecule has 0 atom stereocenters. The first-order chi connectivity index (χ1) is 10.4. The number of aryl methyl sites for hydroxylation is 2. The molecule has 0 radical (unpaired) electrons. The van der Waals surface area contributed by atoms with Crippen LogP contribution >= 0.6 is 0 Å². The first kappa shape index (κ1) is 16.3. The number of nitrogens with zero attached hydrogens (tertiary/aromatic N) is 1. The Labute approximate surface area is 129 Å². The van der Waals surface area contributed by atoms with Crippen LogP contribution in [-0.2, 0) is 14.8 Å². The summed E-state index contributed by atoms with van der Waals surface area (Å²) in [7, 11) is -2.07. The van der Waals surface area contributed by atoms with Gasteiger partial charge in [0.1, 0.15) is 17.3 Å². The third-order valence-electron chi connectivity index (χ3n) is 2.99. The van der Waals surface area contributed by atoms with Crippen LogP contribution in [0.3, 0.4) is 0 Å². The molecule has 0 bridgehead atoms. The fourth-order valence-electron chi connectivity index (χ4n) is 2.00. The van der Waals surface area contributed by atoms with Crippen molar-refractivity contribution in [3.8, 4) is 5.75 Å². The molecule has 0 aliphatic rings. The molecule has 2 N–H and O–H groups in total. The lowest BCUT2D eigenvalue weighted by Gasteiger charge is -2.10. The largest absolute Gasteiger partial charge is 0.491 e. The van der Waals surface area contributed by atoms with Gasteiger partial charge in [-0.15, -0.1) is 0 Å². The lowest BCUT2D eigenvalue weighted by Crippen LogP contribution is -2.14.